The molecule has 0 atom stereocenters. The Kier molecular flexibility index (Phi) is 3.51. The van der Waals surface area contributed by atoms with E-state index in [1.54, 1.807) is 30.6 Å². The van der Waals surface area contributed by atoms with Gasteiger partial charge in [0.15, 0.2) is 0 Å². The van der Waals surface area contributed by atoms with E-state index in [1.165, 1.54) is 0 Å². The molecule has 0 spiro atoms. The summed E-state index contributed by atoms with van der Waals surface area (Å²) in [5, 5.41) is 9.20. The molecule has 0 saturated heterocycles. The van der Waals surface area contributed by atoms with Crippen molar-refractivity contribution < 1.29 is 4.79 Å². The van der Waals surface area contributed by atoms with E-state index in [0.717, 1.165) is 22.1 Å². The first kappa shape index (κ1) is 14.1. The lowest BCUT2D eigenvalue weighted by atomic mass is 10.1. The lowest BCUT2D eigenvalue weighted by Gasteiger charge is -2.12. The summed E-state index contributed by atoms with van der Waals surface area (Å²) in [6.07, 6.45) is 5.24. The van der Waals surface area contributed by atoms with Gasteiger partial charge >= 0.3 is 0 Å². The second-order valence-corrected chi connectivity index (χ2v) is 5.30. The molecular formula is C19H14N4O. The summed E-state index contributed by atoms with van der Waals surface area (Å²) in [5.74, 6) is -0.229. The molecule has 0 aliphatic carbocycles. The predicted molar refractivity (Wildman–Crippen MR) is 93.3 cm³/mol. The number of hydrogen-bond donors (Lipinski definition) is 1. The third kappa shape index (κ3) is 2.52. The van der Waals surface area contributed by atoms with Crippen molar-refractivity contribution in [3.63, 3.8) is 0 Å². The Morgan fingerprint density at radius 2 is 1.71 bits per heavy atom. The summed E-state index contributed by atoms with van der Waals surface area (Å²) in [4.78, 5) is 16.5. The van der Waals surface area contributed by atoms with Gasteiger partial charge in [-0.05, 0) is 30.3 Å². The molecule has 116 valence electrons. The van der Waals surface area contributed by atoms with Crippen molar-refractivity contribution >= 4 is 22.4 Å². The third-order valence-corrected chi connectivity index (χ3v) is 3.80. The Bertz CT molecular complexity index is 995. The Balaban J connectivity index is 1.78. The Morgan fingerprint density at radius 3 is 2.46 bits per heavy atom. The number of rotatable bonds is 3. The zero-order valence-electron chi connectivity index (χ0n) is 12.8. The zero-order valence-corrected chi connectivity index (χ0v) is 12.8. The monoisotopic (exact) mass is 314 g/mol. The number of aromatic nitrogens is 3. The fraction of sp³-hybridized carbons (Fsp3) is 0. The van der Waals surface area contributed by atoms with E-state index in [0.29, 0.717) is 5.69 Å². The molecule has 5 nitrogen and oxygen atoms in total. The number of carbonyl (C=O) groups excluding carboxylic acids is 1. The standard InChI is InChI=1S/C19H14N4O/c24-19(17-8-3-4-11-20-17)22-16-9-10-18(23-13-5-12-21-23)15-7-2-1-6-14(15)16/h1-13H,(H,22,24). The summed E-state index contributed by atoms with van der Waals surface area (Å²) in [5.41, 5.74) is 2.10. The van der Waals surface area contributed by atoms with Crippen LogP contribution in [0.3, 0.4) is 0 Å². The van der Waals surface area contributed by atoms with E-state index in [9.17, 15) is 4.79 Å². The number of hydrogen-bond acceptors (Lipinski definition) is 3. The largest absolute Gasteiger partial charge is 0.320 e. The maximum atomic E-state index is 12.4. The van der Waals surface area contributed by atoms with Crippen LogP contribution in [-0.4, -0.2) is 20.7 Å². The first-order valence-corrected chi connectivity index (χ1v) is 7.57. The molecule has 4 aromatic rings. The van der Waals surface area contributed by atoms with Gasteiger partial charge in [0.05, 0.1) is 5.69 Å². The van der Waals surface area contributed by atoms with Gasteiger partial charge in [-0.3, -0.25) is 9.78 Å². The second kappa shape index (κ2) is 5.96. The first-order valence-electron chi connectivity index (χ1n) is 7.57. The van der Waals surface area contributed by atoms with Gasteiger partial charge in [0.2, 0.25) is 0 Å². The van der Waals surface area contributed by atoms with Crippen molar-refractivity contribution in [1.29, 1.82) is 0 Å². The number of nitrogens with zero attached hydrogens (tertiary/aromatic N) is 3. The number of pyridine rings is 1. The SMILES string of the molecule is O=C(Nc1ccc(-n2cccn2)c2ccccc12)c1ccccn1. The normalized spacial score (nSPS) is 10.7. The lowest BCUT2D eigenvalue weighted by molar-refractivity contribution is 0.102. The number of benzene rings is 2. The predicted octanol–water partition coefficient (Wildman–Crippen LogP) is 3.67. The minimum Gasteiger partial charge on any atom is -0.320 e. The van der Waals surface area contributed by atoms with Crippen LogP contribution >= 0.6 is 0 Å². The van der Waals surface area contributed by atoms with Crippen molar-refractivity contribution in [2.24, 2.45) is 0 Å². The van der Waals surface area contributed by atoms with Gasteiger partial charge in [-0.1, -0.05) is 30.3 Å². The smallest absolute Gasteiger partial charge is 0.274 e. The summed E-state index contributed by atoms with van der Waals surface area (Å²) in [7, 11) is 0. The molecule has 1 amide bonds. The molecule has 24 heavy (non-hydrogen) atoms. The number of amides is 1. The Morgan fingerprint density at radius 1 is 0.875 bits per heavy atom. The van der Waals surface area contributed by atoms with Crippen LogP contribution in [0, 0.1) is 0 Å². The number of anilines is 1. The van der Waals surface area contributed by atoms with Gasteiger partial charge in [-0.15, -0.1) is 0 Å². The average molecular weight is 314 g/mol. The molecule has 2 aromatic carbocycles. The van der Waals surface area contributed by atoms with E-state index >= 15 is 0 Å². The maximum absolute atomic E-state index is 12.4. The summed E-state index contributed by atoms with van der Waals surface area (Å²) in [6.45, 7) is 0. The van der Waals surface area contributed by atoms with Crippen LogP contribution in [-0.2, 0) is 0 Å². The molecule has 2 heterocycles. The molecule has 0 aliphatic heterocycles. The highest BCUT2D eigenvalue weighted by Gasteiger charge is 2.11. The molecule has 1 N–H and O–H groups in total. The topological polar surface area (TPSA) is 59.8 Å². The van der Waals surface area contributed by atoms with Crippen LogP contribution in [0.5, 0.6) is 0 Å². The van der Waals surface area contributed by atoms with E-state index in [4.69, 9.17) is 0 Å². The van der Waals surface area contributed by atoms with Crippen LogP contribution in [0.15, 0.2) is 79.3 Å². The first-order chi connectivity index (χ1) is 11.8. The maximum Gasteiger partial charge on any atom is 0.274 e. The molecule has 0 radical (unpaired) electrons. The molecular weight excluding hydrogens is 300 g/mol. The third-order valence-electron chi connectivity index (χ3n) is 3.80. The van der Waals surface area contributed by atoms with Crippen molar-refractivity contribution in [1.82, 2.24) is 14.8 Å². The highest BCUT2D eigenvalue weighted by atomic mass is 16.1. The van der Waals surface area contributed by atoms with Gasteiger partial charge in [0.25, 0.3) is 5.91 Å². The van der Waals surface area contributed by atoms with Gasteiger partial charge in [0.1, 0.15) is 5.69 Å². The fourth-order valence-electron chi connectivity index (χ4n) is 2.69. The van der Waals surface area contributed by atoms with Crippen molar-refractivity contribution in [3.8, 4) is 5.69 Å². The minimum atomic E-state index is -0.229. The zero-order chi connectivity index (χ0) is 16.4. The minimum absolute atomic E-state index is 0.229. The van der Waals surface area contributed by atoms with Crippen LogP contribution in [0.1, 0.15) is 10.5 Å². The number of carbonyl (C=O) groups is 1. The quantitative estimate of drug-likeness (QED) is 0.627. The fourth-order valence-corrected chi connectivity index (χ4v) is 2.69. The van der Waals surface area contributed by atoms with Crippen LogP contribution in [0.2, 0.25) is 0 Å². The van der Waals surface area contributed by atoms with E-state index < -0.39 is 0 Å². The number of fused-ring (bicyclic) bond motifs is 1. The molecule has 0 unspecified atom stereocenters. The molecule has 0 fully saturated rings. The molecule has 2 aromatic heterocycles. The summed E-state index contributed by atoms with van der Waals surface area (Å²) < 4.78 is 1.81. The van der Waals surface area contributed by atoms with E-state index in [1.807, 2.05) is 53.3 Å². The Labute approximate surface area is 138 Å². The van der Waals surface area contributed by atoms with Crippen molar-refractivity contribution in [2.75, 3.05) is 5.32 Å². The molecule has 0 aliphatic rings. The van der Waals surface area contributed by atoms with Gasteiger partial charge < -0.3 is 5.32 Å². The van der Waals surface area contributed by atoms with Crippen LogP contribution < -0.4 is 5.32 Å². The highest BCUT2D eigenvalue weighted by Crippen LogP contribution is 2.29. The number of nitrogens with one attached hydrogen (secondary N) is 1. The molecule has 4 rings (SSSR count). The second-order valence-electron chi connectivity index (χ2n) is 5.30. The van der Waals surface area contributed by atoms with Crippen molar-refractivity contribution in [2.45, 2.75) is 0 Å². The summed E-state index contributed by atoms with van der Waals surface area (Å²) in [6, 6.07) is 18.9. The van der Waals surface area contributed by atoms with Crippen LogP contribution in [0.4, 0.5) is 5.69 Å². The average Bonchev–Trinajstić information content (AvgIpc) is 3.17. The molecule has 0 bridgehead atoms. The van der Waals surface area contributed by atoms with Gasteiger partial charge in [-0.2, -0.15) is 5.10 Å². The highest BCUT2D eigenvalue weighted by molar-refractivity contribution is 6.09. The summed E-state index contributed by atoms with van der Waals surface area (Å²) >= 11 is 0. The van der Waals surface area contributed by atoms with E-state index in [-0.39, 0.29) is 5.91 Å². The van der Waals surface area contributed by atoms with Crippen LogP contribution in [0.25, 0.3) is 16.5 Å². The molecule has 5 heteroatoms. The van der Waals surface area contributed by atoms with Crippen molar-refractivity contribution in [3.05, 3.63) is 84.9 Å². The van der Waals surface area contributed by atoms with E-state index in [2.05, 4.69) is 15.4 Å². The molecule has 0 saturated carbocycles. The van der Waals surface area contributed by atoms with Gasteiger partial charge in [-0.25, -0.2) is 4.68 Å². The Hall–Kier alpha value is -3.47. The van der Waals surface area contributed by atoms with Gasteiger partial charge in [0, 0.05) is 35.1 Å². The lowest BCUT2D eigenvalue weighted by Crippen LogP contribution is -2.13.